The van der Waals surface area contributed by atoms with Crippen LogP contribution in [-0.4, -0.2) is 49.1 Å². The Bertz CT molecular complexity index is 1480. The molecule has 4 aromatic rings. The van der Waals surface area contributed by atoms with Crippen molar-refractivity contribution in [1.29, 1.82) is 0 Å². The Labute approximate surface area is 223 Å². The van der Waals surface area contributed by atoms with Crippen LogP contribution in [0.25, 0.3) is 21.3 Å². The van der Waals surface area contributed by atoms with E-state index in [1.165, 1.54) is 24.5 Å². The van der Waals surface area contributed by atoms with Gasteiger partial charge in [-0.1, -0.05) is 19.1 Å². The van der Waals surface area contributed by atoms with Gasteiger partial charge in [0.25, 0.3) is 0 Å². The van der Waals surface area contributed by atoms with E-state index in [0.717, 1.165) is 5.56 Å². The lowest BCUT2D eigenvalue weighted by Gasteiger charge is -2.14. The second-order valence-corrected chi connectivity index (χ2v) is 9.33. The highest BCUT2D eigenvalue weighted by Gasteiger charge is 2.22. The number of ketones is 2. The molecule has 7 nitrogen and oxygen atoms in total. The van der Waals surface area contributed by atoms with Crippen LogP contribution in [0.4, 0.5) is 4.39 Å². The van der Waals surface area contributed by atoms with Crippen molar-refractivity contribution in [1.82, 2.24) is 4.98 Å². The summed E-state index contributed by atoms with van der Waals surface area (Å²) in [6.45, 7) is 1.91. The molecular formula is C29H28FNO6S. The summed E-state index contributed by atoms with van der Waals surface area (Å²) in [7, 11) is 3.01. The van der Waals surface area contributed by atoms with E-state index in [1.807, 2.05) is 18.4 Å². The smallest absolute Gasteiger partial charge is 0.181 e. The lowest BCUT2D eigenvalue weighted by Crippen LogP contribution is -2.10. The van der Waals surface area contributed by atoms with Crippen molar-refractivity contribution >= 4 is 33.0 Å². The van der Waals surface area contributed by atoms with Gasteiger partial charge in [0, 0.05) is 34.7 Å². The maximum absolute atomic E-state index is 14.3. The summed E-state index contributed by atoms with van der Waals surface area (Å²) in [4.78, 5) is 30.7. The fraction of sp³-hybridized carbons (Fsp3) is 0.276. The van der Waals surface area contributed by atoms with Crippen LogP contribution in [0.5, 0.6) is 17.2 Å². The van der Waals surface area contributed by atoms with Crippen LogP contribution >= 0.6 is 11.3 Å². The number of aromatic nitrogens is 1. The first-order valence-corrected chi connectivity index (χ1v) is 13.0. The minimum atomic E-state index is -0.316. The third-order valence-corrected chi connectivity index (χ3v) is 7.15. The molecule has 0 saturated carbocycles. The van der Waals surface area contributed by atoms with E-state index in [9.17, 15) is 14.0 Å². The molecule has 0 aliphatic rings. The highest BCUT2D eigenvalue weighted by atomic mass is 32.1. The molecule has 0 bridgehead atoms. The van der Waals surface area contributed by atoms with E-state index in [-0.39, 0.29) is 49.1 Å². The molecule has 0 spiro atoms. The van der Waals surface area contributed by atoms with Crippen LogP contribution in [-0.2, 0) is 6.42 Å². The number of thiophene rings is 1. The number of aliphatic hydroxyl groups is 1. The molecule has 2 aromatic heterocycles. The Morgan fingerprint density at radius 3 is 2.53 bits per heavy atom. The van der Waals surface area contributed by atoms with Crippen molar-refractivity contribution in [3.05, 3.63) is 70.5 Å². The highest BCUT2D eigenvalue weighted by Crippen LogP contribution is 2.40. The zero-order valence-electron chi connectivity index (χ0n) is 21.4. The summed E-state index contributed by atoms with van der Waals surface area (Å²) in [5.74, 6) is 0.497. The van der Waals surface area contributed by atoms with Gasteiger partial charge in [-0.25, -0.2) is 9.37 Å². The number of hydrogen-bond acceptors (Lipinski definition) is 8. The fourth-order valence-electron chi connectivity index (χ4n) is 4.22. The topological polar surface area (TPSA) is 95.0 Å². The minimum Gasteiger partial charge on any atom is -0.494 e. The highest BCUT2D eigenvalue weighted by molar-refractivity contribution is 7.17. The molecule has 0 fully saturated rings. The molecule has 0 saturated heterocycles. The van der Waals surface area contributed by atoms with Gasteiger partial charge in [-0.2, -0.15) is 0 Å². The van der Waals surface area contributed by atoms with Crippen LogP contribution in [0.3, 0.4) is 0 Å². The monoisotopic (exact) mass is 537 g/mol. The van der Waals surface area contributed by atoms with Crippen molar-refractivity contribution in [2.24, 2.45) is 0 Å². The molecular weight excluding hydrogens is 509 g/mol. The van der Waals surface area contributed by atoms with Gasteiger partial charge >= 0.3 is 0 Å². The number of fused-ring (bicyclic) bond motifs is 1. The predicted molar refractivity (Wildman–Crippen MR) is 144 cm³/mol. The first-order valence-electron chi connectivity index (χ1n) is 12.1. The second-order valence-electron chi connectivity index (χ2n) is 8.45. The van der Waals surface area contributed by atoms with Gasteiger partial charge in [-0.3, -0.25) is 9.59 Å². The predicted octanol–water partition coefficient (Wildman–Crippen LogP) is 5.90. The van der Waals surface area contributed by atoms with E-state index >= 15 is 0 Å². The molecule has 2 heterocycles. The molecule has 1 N–H and O–H groups in total. The van der Waals surface area contributed by atoms with E-state index < -0.39 is 0 Å². The van der Waals surface area contributed by atoms with Crippen LogP contribution in [0, 0.1) is 5.82 Å². The maximum Gasteiger partial charge on any atom is 0.181 e. The number of methoxy groups -OCH3 is 2. The first kappa shape index (κ1) is 27.2. The Hall–Kier alpha value is -3.82. The van der Waals surface area contributed by atoms with Crippen LogP contribution < -0.4 is 14.2 Å². The standard InChI is InChI=1S/C29H28FNO6S/c1-4-17-14-22(31-27(28(17)36-3)20-16-38-29-19(20)6-5-7-21(29)30)24(34)10-9-23(33)18-8-11-25(37-13-12-32)26(15-18)35-2/h5-8,11,14-16,32H,4,9-10,12-13H2,1-3H3. The SMILES string of the molecule is CCc1cc(C(=O)CCC(=O)c2ccc(OCCO)c(OC)c2)nc(-c2csc3c(F)cccc23)c1OC. The number of pyridine rings is 1. The van der Waals surface area contributed by atoms with Gasteiger partial charge in [0.2, 0.25) is 0 Å². The fourth-order valence-corrected chi connectivity index (χ4v) is 5.18. The van der Waals surface area contributed by atoms with Crippen LogP contribution in [0.2, 0.25) is 0 Å². The van der Waals surface area contributed by atoms with Gasteiger partial charge in [0.1, 0.15) is 29.6 Å². The van der Waals surface area contributed by atoms with Crippen molar-refractivity contribution in [2.75, 3.05) is 27.4 Å². The lowest BCUT2D eigenvalue weighted by molar-refractivity contribution is 0.0914. The molecule has 4 rings (SSSR count). The number of halogens is 1. The number of carbonyl (C=O) groups is 2. The molecule has 2 aromatic carbocycles. The molecule has 38 heavy (non-hydrogen) atoms. The molecule has 0 unspecified atom stereocenters. The number of carbonyl (C=O) groups excluding carboxylic acids is 2. The number of benzene rings is 2. The number of Topliss-reactive ketones (excluding diaryl/α,β-unsaturated/α-hetero) is 2. The van der Waals surface area contributed by atoms with Gasteiger partial charge < -0.3 is 19.3 Å². The Morgan fingerprint density at radius 1 is 1.03 bits per heavy atom. The number of aryl methyl sites for hydroxylation is 1. The zero-order valence-corrected chi connectivity index (χ0v) is 22.2. The number of rotatable bonds is 12. The summed E-state index contributed by atoms with van der Waals surface area (Å²) in [6, 6.07) is 11.3. The lowest BCUT2D eigenvalue weighted by atomic mass is 10.00. The maximum atomic E-state index is 14.3. The van der Waals surface area contributed by atoms with Crippen molar-refractivity contribution in [2.45, 2.75) is 26.2 Å². The van der Waals surface area contributed by atoms with E-state index in [2.05, 4.69) is 4.98 Å². The van der Waals surface area contributed by atoms with Crippen molar-refractivity contribution in [3.8, 4) is 28.5 Å². The molecule has 198 valence electrons. The molecule has 0 atom stereocenters. The summed E-state index contributed by atoms with van der Waals surface area (Å²) < 4.78 is 31.2. The van der Waals surface area contributed by atoms with Gasteiger partial charge in [0.15, 0.2) is 23.1 Å². The quantitative estimate of drug-likeness (QED) is 0.225. The summed E-state index contributed by atoms with van der Waals surface area (Å²) >= 11 is 1.27. The van der Waals surface area contributed by atoms with Crippen LogP contribution in [0.1, 0.15) is 46.2 Å². The summed E-state index contributed by atoms with van der Waals surface area (Å²) in [6.07, 6.45) is 0.541. The molecule has 9 heteroatoms. The second kappa shape index (κ2) is 12.1. The Morgan fingerprint density at radius 2 is 1.82 bits per heavy atom. The van der Waals surface area contributed by atoms with E-state index in [4.69, 9.17) is 19.3 Å². The average molecular weight is 538 g/mol. The summed E-state index contributed by atoms with van der Waals surface area (Å²) in [5.41, 5.74) is 2.58. The first-order chi connectivity index (χ1) is 18.4. The zero-order chi connectivity index (χ0) is 27.2. The molecule has 0 aliphatic heterocycles. The number of nitrogens with zero attached hydrogens (tertiary/aromatic N) is 1. The third kappa shape index (κ3) is 5.54. The van der Waals surface area contributed by atoms with Crippen molar-refractivity contribution < 1.29 is 33.3 Å². The minimum absolute atomic E-state index is 0.0179. The van der Waals surface area contributed by atoms with Gasteiger partial charge in [-0.05, 0) is 42.3 Å². The van der Waals surface area contributed by atoms with E-state index in [1.54, 1.807) is 37.4 Å². The molecule has 0 radical (unpaired) electrons. The van der Waals surface area contributed by atoms with Gasteiger partial charge in [0.05, 0.1) is 25.5 Å². The average Bonchev–Trinajstić information content (AvgIpc) is 3.39. The van der Waals surface area contributed by atoms with Crippen LogP contribution in [0.15, 0.2) is 47.8 Å². The summed E-state index contributed by atoms with van der Waals surface area (Å²) in [5, 5.41) is 11.5. The Balaban J connectivity index is 1.59. The molecule has 0 amide bonds. The largest absolute Gasteiger partial charge is 0.494 e. The number of ether oxygens (including phenoxy) is 3. The molecule has 0 aliphatic carbocycles. The third-order valence-electron chi connectivity index (χ3n) is 6.14. The number of hydrogen-bond donors (Lipinski definition) is 1. The normalized spacial score (nSPS) is 11.0. The number of aliphatic hydroxyl groups excluding tert-OH is 1. The Kier molecular flexibility index (Phi) is 8.70. The van der Waals surface area contributed by atoms with E-state index in [0.29, 0.717) is 50.6 Å². The van der Waals surface area contributed by atoms with Gasteiger partial charge in [-0.15, -0.1) is 11.3 Å². The van der Waals surface area contributed by atoms with Crippen molar-refractivity contribution in [3.63, 3.8) is 0 Å².